The fourth-order valence-electron chi connectivity index (χ4n) is 1.49. The SMILES string of the molecule is CC(C)NCc1ccc(COc2cccnc2)s1. The minimum atomic E-state index is 0.516. The fraction of sp³-hybridized carbons (Fsp3) is 0.357. The first-order valence-corrected chi connectivity index (χ1v) is 6.89. The van der Waals surface area contributed by atoms with Crippen LogP contribution in [0, 0.1) is 0 Å². The van der Waals surface area contributed by atoms with Crippen molar-refractivity contribution in [1.82, 2.24) is 10.3 Å². The molecule has 18 heavy (non-hydrogen) atoms. The molecule has 0 aliphatic rings. The van der Waals surface area contributed by atoms with Crippen LogP contribution >= 0.6 is 11.3 Å². The number of pyridine rings is 1. The predicted molar refractivity (Wildman–Crippen MR) is 74.9 cm³/mol. The van der Waals surface area contributed by atoms with Gasteiger partial charge in [-0.15, -0.1) is 11.3 Å². The molecule has 2 aromatic rings. The molecule has 0 spiro atoms. The maximum atomic E-state index is 5.66. The number of hydrogen-bond acceptors (Lipinski definition) is 4. The fourth-order valence-corrected chi connectivity index (χ4v) is 2.37. The molecule has 0 bridgehead atoms. The lowest BCUT2D eigenvalue weighted by Crippen LogP contribution is -2.21. The maximum Gasteiger partial charge on any atom is 0.138 e. The zero-order chi connectivity index (χ0) is 12.8. The Kier molecular flexibility index (Phi) is 4.73. The third-order valence-electron chi connectivity index (χ3n) is 2.42. The Morgan fingerprint density at radius 2 is 2.11 bits per heavy atom. The van der Waals surface area contributed by atoms with Gasteiger partial charge < -0.3 is 10.1 Å². The van der Waals surface area contributed by atoms with E-state index in [0.717, 1.165) is 12.3 Å². The highest BCUT2D eigenvalue weighted by atomic mass is 32.1. The van der Waals surface area contributed by atoms with E-state index in [-0.39, 0.29) is 0 Å². The van der Waals surface area contributed by atoms with Gasteiger partial charge in [-0.2, -0.15) is 0 Å². The van der Waals surface area contributed by atoms with E-state index >= 15 is 0 Å². The van der Waals surface area contributed by atoms with Crippen molar-refractivity contribution < 1.29 is 4.74 Å². The van der Waals surface area contributed by atoms with Gasteiger partial charge in [0.2, 0.25) is 0 Å². The molecule has 0 unspecified atom stereocenters. The summed E-state index contributed by atoms with van der Waals surface area (Å²) in [6.45, 7) is 5.84. The molecule has 3 nitrogen and oxygen atoms in total. The van der Waals surface area contributed by atoms with Gasteiger partial charge in [0.05, 0.1) is 6.20 Å². The second kappa shape index (κ2) is 6.52. The van der Waals surface area contributed by atoms with Crippen molar-refractivity contribution >= 4 is 11.3 Å². The van der Waals surface area contributed by atoms with Gasteiger partial charge in [-0.05, 0) is 24.3 Å². The number of rotatable bonds is 6. The zero-order valence-electron chi connectivity index (χ0n) is 10.7. The quantitative estimate of drug-likeness (QED) is 0.868. The Morgan fingerprint density at radius 1 is 1.28 bits per heavy atom. The van der Waals surface area contributed by atoms with Crippen molar-refractivity contribution in [3.63, 3.8) is 0 Å². The molecule has 2 heterocycles. The molecular weight excluding hydrogens is 244 g/mol. The molecule has 1 N–H and O–H groups in total. The Bertz CT molecular complexity index is 468. The predicted octanol–water partition coefficient (Wildman–Crippen LogP) is 3.22. The van der Waals surface area contributed by atoms with Crippen LogP contribution in [0.15, 0.2) is 36.7 Å². The van der Waals surface area contributed by atoms with Crippen molar-refractivity contribution in [2.75, 3.05) is 0 Å². The lowest BCUT2D eigenvalue weighted by atomic mass is 10.3. The van der Waals surface area contributed by atoms with E-state index in [1.807, 2.05) is 12.1 Å². The second-order valence-electron chi connectivity index (χ2n) is 4.38. The molecule has 0 aliphatic carbocycles. The zero-order valence-corrected chi connectivity index (χ0v) is 11.5. The van der Waals surface area contributed by atoms with Crippen molar-refractivity contribution in [3.05, 3.63) is 46.4 Å². The summed E-state index contributed by atoms with van der Waals surface area (Å²) < 4.78 is 5.66. The van der Waals surface area contributed by atoms with Crippen LogP contribution in [0.3, 0.4) is 0 Å². The topological polar surface area (TPSA) is 34.1 Å². The normalized spacial score (nSPS) is 10.8. The van der Waals surface area contributed by atoms with Crippen molar-refractivity contribution in [1.29, 1.82) is 0 Å². The largest absolute Gasteiger partial charge is 0.486 e. The van der Waals surface area contributed by atoms with Gasteiger partial charge in [-0.25, -0.2) is 0 Å². The summed E-state index contributed by atoms with van der Waals surface area (Å²) in [5.41, 5.74) is 0. The highest BCUT2D eigenvalue weighted by Crippen LogP contribution is 2.18. The number of aromatic nitrogens is 1. The van der Waals surface area contributed by atoms with Gasteiger partial charge in [0.25, 0.3) is 0 Å². The van der Waals surface area contributed by atoms with Crippen LogP contribution < -0.4 is 10.1 Å². The molecule has 0 saturated heterocycles. The van der Waals surface area contributed by atoms with Crippen LogP contribution in [0.5, 0.6) is 5.75 Å². The number of nitrogens with one attached hydrogen (secondary N) is 1. The molecule has 96 valence electrons. The number of nitrogens with zero attached hydrogens (tertiary/aromatic N) is 1. The molecule has 0 aromatic carbocycles. The molecular formula is C14H18N2OS. The van der Waals surface area contributed by atoms with Gasteiger partial charge in [0.15, 0.2) is 0 Å². The van der Waals surface area contributed by atoms with Crippen molar-refractivity contribution in [2.45, 2.75) is 33.0 Å². The summed E-state index contributed by atoms with van der Waals surface area (Å²) in [5, 5.41) is 3.41. The maximum absolute atomic E-state index is 5.66. The molecule has 0 fully saturated rings. The Morgan fingerprint density at radius 3 is 2.83 bits per heavy atom. The first kappa shape index (κ1) is 13.1. The van der Waals surface area contributed by atoms with Crippen molar-refractivity contribution in [2.24, 2.45) is 0 Å². The first-order valence-electron chi connectivity index (χ1n) is 6.08. The van der Waals surface area contributed by atoms with Crippen LogP contribution in [-0.4, -0.2) is 11.0 Å². The molecule has 0 saturated carbocycles. The number of ether oxygens (including phenoxy) is 1. The molecule has 2 rings (SSSR count). The molecule has 0 atom stereocenters. The monoisotopic (exact) mass is 262 g/mol. The van der Waals surface area contributed by atoms with Crippen LogP contribution in [0.4, 0.5) is 0 Å². The summed E-state index contributed by atoms with van der Waals surface area (Å²) in [7, 11) is 0. The lowest BCUT2D eigenvalue weighted by molar-refractivity contribution is 0.308. The third-order valence-corrected chi connectivity index (χ3v) is 3.48. The molecule has 0 radical (unpaired) electrons. The summed E-state index contributed by atoms with van der Waals surface area (Å²) in [5.74, 6) is 0.813. The average molecular weight is 262 g/mol. The molecule has 0 aliphatic heterocycles. The van der Waals surface area contributed by atoms with Gasteiger partial charge in [-0.3, -0.25) is 4.98 Å². The standard InChI is InChI=1S/C14H18N2OS/c1-11(2)16-9-13-5-6-14(18-13)10-17-12-4-3-7-15-8-12/h3-8,11,16H,9-10H2,1-2H3. The number of thiophene rings is 1. The third kappa shape index (κ3) is 4.13. The highest BCUT2D eigenvalue weighted by Gasteiger charge is 2.02. The first-order chi connectivity index (χ1) is 8.74. The van der Waals surface area contributed by atoms with Crippen LogP contribution in [0.25, 0.3) is 0 Å². The van der Waals surface area contributed by atoms with Gasteiger partial charge in [0, 0.05) is 28.5 Å². The van der Waals surface area contributed by atoms with E-state index in [2.05, 4.69) is 36.3 Å². The van der Waals surface area contributed by atoms with E-state index in [1.54, 1.807) is 23.7 Å². The average Bonchev–Trinajstić information content (AvgIpc) is 2.83. The molecule has 2 aromatic heterocycles. The Hall–Kier alpha value is -1.39. The summed E-state index contributed by atoms with van der Waals surface area (Å²) in [6, 6.07) is 8.59. The van der Waals surface area contributed by atoms with E-state index in [0.29, 0.717) is 12.6 Å². The van der Waals surface area contributed by atoms with E-state index in [9.17, 15) is 0 Å². The van der Waals surface area contributed by atoms with E-state index < -0.39 is 0 Å². The summed E-state index contributed by atoms with van der Waals surface area (Å²) in [4.78, 5) is 6.60. The van der Waals surface area contributed by atoms with Gasteiger partial charge >= 0.3 is 0 Å². The molecule has 0 amide bonds. The van der Waals surface area contributed by atoms with E-state index in [1.165, 1.54) is 9.75 Å². The minimum Gasteiger partial charge on any atom is -0.486 e. The Balaban J connectivity index is 1.83. The van der Waals surface area contributed by atoms with Gasteiger partial charge in [0.1, 0.15) is 12.4 Å². The lowest BCUT2D eigenvalue weighted by Gasteiger charge is -2.05. The summed E-state index contributed by atoms with van der Waals surface area (Å²) >= 11 is 1.79. The Labute approximate surface area is 112 Å². The van der Waals surface area contributed by atoms with Gasteiger partial charge in [-0.1, -0.05) is 13.8 Å². The minimum absolute atomic E-state index is 0.516. The summed E-state index contributed by atoms with van der Waals surface area (Å²) in [6.07, 6.45) is 3.47. The van der Waals surface area contributed by atoms with Crippen LogP contribution in [0.2, 0.25) is 0 Å². The van der Waals surface area contributed by atoms with Crippen molar-refractivity contribution in [3.8, 4) is 5.75 Å². The molecule has 4 heteroatoms. The van der Waals surface area contributed by atoms with Crippen LogP contribution in [0.1, 0.15) is 23.6 Å². The smallest absolute Gasteiger partial charge is 0.138 e. The highest BCUT2D eigenvalue weighted by molar-refractivity contribution is 7.11. The number of hydrogen-bond donors (Lipinski definition) is 1. The van der Waals surface area contributed by atoms with E-state index in [4.69, 9.17) is 4.74 Å². The second-order valence-corrected chi connectivity index (χ2v) is 5.63. The van der Waals surface area contributed by atoms with Crippen LogP contribution in [-0.2, 0) is 13.2 Å².